The van der Waals surface area contributed by atoms with Crippen molar-refractivity contribution in [3.8, 4) is 5.75 Å². The number of methoxy groups -OCH3 is 1. The lowest BCUT2D eigenvalue weighted by Gasteiger charge is -2.10. The number of halogens is 3. The Bertz CT molecular complexity index is 564. The molecule has 100 valence electrons. The molecule has 0 unspecified atom stereocenters. The molecule has 0 heterocycles. The van der Waals surface area contributed by atoms with Gasteiger partial charge in [0, 0.05) is 29.9 Å². The van der Waals surface area contributed by atoms with Crippen LogP contribution in [0.15, 0.2) is 36.4 Å². The normalized spacial score (nSPS) is 10.3. The molecule has 2 aromatic carbocycles. The van der Waals surface area contributed by atoms with Gasteiger partial charge in [-0.15, -0.1) is 0 Å². The molecular weight excluding hydrogens is 255 g/mol. The second-order valence-electron chi connectivity index (χ2n) is 3.92. The van der Waals surface area contributed by atoms with Gasteiger partial charge in [-0.05, 0) is 6.07 Å². The molecule has 0 atom stereocenters. The van der Waals surface area contributed by atoms with Gasteiger partial charge in [-0.3, -0.25) is 0 Å². The van der Waals surface area contributed by atoms with Crippen LogP contribution < -0.4 is 10.1 Å². The summed E-state index contributed by atoms with van der Waals surface area (Å²) >= 11 is 0. The zero-order valence-electron chi connectivity index (χ0n) is 10.2. The van der Waals surface area contributed by atoms with Crippen LogP contribution in [0.4, 0.5) is 18.9 Å². The largest absolute Gasteiger partial charge is 0.496 e. The highest BCUT2D eigenvalue weighted by Gasteiger charge is 2.10. The van der Waals surface area contributed by atoms with Gasteiger partial charge in [0.25, 0.3) is 0 Å². The molecule has 0 radical (unpaired) electrons. The predicted octanol–water partition coefficient (Wildman–Crippen LogP) is 3.72. The number of hydrogen-bond acceptors (Lipinski definition) is 2. The first-order chi connectivity index (χ1) is 9.11. The first-order valence-corrected chi connectivity index (χ1v) is 5.62. The van der Waals surface area contributed by atoms with Gasteiger partial charge >= 0.3 is 0 Å². The van der Waals surface area contributed by atoms with Gasteiger partial charge < -0.3 is 10.1 Å². The van der Waals surface area contributed by atoms with Crippen LogP contribution in [0.5, 0.6) is 5.75 Å². The fraction of sp³-hybridized carbons (Fsp3) is 0.143. The fourth-order valence-corrected chi connectivity index (χ4v) is 1.70. The number of rotatable bonds is 4. The molecule has 0 aliphatic rings. The number of ether oxygens (including phenoxy) is 1. The third-order valence-electron chi connectivity index (χ3n) is 2.66. The Morgan fingerprint density at radius 2 is 1.68 bits per heavy atom. The average Bonchev–Trinajstić information content (AvgIpc) is 2.42. The highest BCUT2D eigenvalue weighted by atomic mass is 19.2. The van der Waals surface area contributed by atoms with E-state index in [-0.39, 0.29) is 5.69 Å². The van der Waals surface area contributed by atoms with Crippen LogP contribution in [-0.4, -0.2) is 7.11 Å². The molecule has 0 saturated heterocycles. The summed E-state index contributed by atoms with van der Waals surface area (Å²) in [5, 5.41) is 2.82. The Balaban J connectivity index is 2.15. The fourth-order valence-electron chi connectivity index (χ4n) is 1.70. The van der Waals surface area contributed by atoms with Gasteiger partial charge in [0.05, 0.1) is 7.11 Å². The van der Waals surface area contributed by atoms with Crippen molar-refractivity contribution in [2.24, 2.45) is 0 Å². The molecule has 5 heteroatoms. The number of benzene rings is 2. The summed E-state index contributed by atoms with van der Waals surface area (Å²) in [6, 6.07) is 9.07. The molecule has 0 spiro atoms. The molecule has 2 rings (SSSR count). The van der Waals surface area contributed by atoms with Crippen molar-refractivity contribution < 1.29 is 17.9 Å². The van der Waals surface area contributed by atoms with Crippen molar-refractivity contribution >= 4 is 5.69 Å². The maximum absolute atomic E-state index is 13.0. The van der Waals surface area contributed by atoms with Crippen molar-refractivity contribution in [2.75, 3.05) is 12.4 Å². The minimum Gasteiger partial charge on any atom is -0.496 e. The topological polar surface area (TPSA) is 21.3 Å². The maximum Gasteiger partial charge on any atom is 0.194 e. The summed E-state index contributed by atoms with van der Waals surface area (Å²) in [7, 11) is 1.54. The van der Waals surface area contributed by atoms with Crippen molar-refractivity contribution in [3.63, 3.8) is 0 Å². The second kappa shape index (κ2) is 5.65. The lowest BCUT2D eigenvalue weighted by atomic mass is 10.2. The van der Waals surface area contributed by atoms with E-state index < -0.39 is 17.5 Å². The van der Waals surface area contributed by atoms with E-state index in [1.807, 2.05) is 18.2 Å². The zero-order chi connectivity index (χ0) is 13.8. The third kappa shape index (κ3) is 2.99. The van der Waals surface area contributed by atoms with Crippen LogP contribution >= 0.6 is 0 Å². The van der Waals surface area contributed by atoms with E-state index in [2.05, 4.69) is 5.32 Å². The smallest absolute Gasteiger partial charge is 0.194 e. The molecule has 0 aliphatic heterocycles. The molecule has 0 fully saturated rings. The molecule has 0 amide bonds. The van der Waals surface area contributed by atoms with E-state index in [1.54, 1.807) is 6.07 Å². The highest BCUT2D eigenvalue weighted by Crippen LogP contribution is 2.21. The standard InChI is InChI=1S/C14H12F3NO/c1-19-13-5-3-2-4-9(13)8-18-10-6-11(15)14(17)12(16)7-10/h2-7,18H,8H2,1H3. The molecular formula is C14H12F3NO. The molecule has 0 aromatic heterocycles. The average molecular weight is 267 g/mol. The zero-order valence-corrected chi connectivity index (χ0v) is 10.2. The number of nitrogens with one attached hydrogen (secondary N) is 1. The number of anilines is 1. The molecule has 0 aliphatic carbocycles. The molecule has 0 saturated carbocycles. The Morgan fingerprint density at radius 1 is 1.05 bits per heavy atom. The van der Waals surface area contributed by atoms with Gasteiger partial charge in [-0.25, -0.2) is 13.2 Å². The van der Waals surface area contributed by atoms with Crippen LogP contribution in [-0.2, 0) is 6.54 Å². The highest BCUT2D eigenvalue weighted by molar-refractivity contribution is 5.46. The summed E-state index contributed by atoms with van der Waals surface area (Å²) in [6.45, 7) is 0.314. The third-order valence-corrected chi connectivity index (χ3v) is 2.66. The maximum atomic E-state index is 13.0. The van der Waals surface area contributed by atoms with E-state index in [1.165, 1.54) is 7.11 Å². The Morgan fingerprint density at radius 3 is 2.32 bits per heavy atom. The van der Waals surface area contributed by atoms with Gasteiger partial charge in [-0.1, -0.05) is 18.2 Å². The van der Waals surface area contributed by atoms with Crippen LogP contribution in [0.3, 0.4) is 0 Å². The summed E-state index contributed by atoms with van der Waals surface area (Å²) in [5.41, 5.74) is 0.998. The Kier molecular flexibility index (Phi) is 3.94. The van der Waals surface area contributed by atoms with E-state index in [0.717, 1.165) is 17.7 Å². The van der Waals surface area contributed by atoms with Gasteiger partial charge in [-0.2, -0.15) is 0 Å². The van der Waals surface area contributed by atoms with Gasteiger partial charge in [0.1, 0.15) is 5.75 Å². The van der Waals surface area contributed by atoms with Gasteiger partial charge in [0.15, 0.2) is 17.5 Å². The molecule has 2 nitrogen and oxygen atoms in total. The Hall–Kier alpha value is -2.17. The molecule has 0 bridgehead atoms. The monoisotopic (exact) mass is 267 g/mol. The second-order valence-corrected chi connectivity index (χ2v) is 3.92. The SMILES string of the molecule is COc1ccccc1CNc1cc(F)c(F)c(F)c1. The van der Waals surface area contributed by atoms with Crippen molar-refractivity contribution in [3.05, 3.63) is 59.4 Å². The minimum atomic E-state index is -1.47. The summed E-state index contributed by atoms with van der Waals surface area (Å²) in [4.78, 5) is 0. The lowest BCUT2D eigenvalue weighted by molar-refractivity contribution is 0.410. The summed E-state index contributed by atoms with van der Waals surface area (Å²) in [6.07, 6.45) is 0. The number of para-hydroxylation sites is 1. The van der Waals surface area contributed by atoms with Crippen molar-refractivity contribution in [1.29, 1.82) is 0 Å². The first-order valence-electron chi connectivity index (χ1n) is 5.62. The predicted molar refractivity (Wildman–Crippen MR) is 66.6 cm³/mol. The van der Waals surface area contributed by atoms with E-state index in [9.17, 15) is 13.2 Å². The summed E-state index contributed by atoms with van der Waals surface area (Å²) < 4.78 is 44.0. The first kappa shape index (κ1) is 13.3. The van der Waals surface area contributed by atoms with Gasteiger partial charge in [0.2, 0.25) is 0 Å². The van der Waals surface area contributed by atoms with Crippen molar-refractivity contribution in [1.82, 2.24) is 0 Å². The quantitative estimate of drug-likeness (QED) is 0.852. The van der Waals surface area contributed by atoms with Crippen molar-refractivity contribution in [2.45, 2.75) is 6.54 Å². The van der Waals surface area contributed by atoms with Crippen LogP contribution in [0.2, 0.25) is 0 Å². The van der Waals surface area contributed by atoms with E-state index in [0.29, 0.717) is 12.3 Å². The Labute approximate surface area is 108 Å². The molecule has 1 N–H and O–H groups in total. The van der Waals surface area contributed by atoms with Crippen LogP contribution in [0.25, 0.3) is 0 Å². The molecule has 2 aromatic rings. The summed E-state index contributed by atoms with van der Waals surface area (Å²) in [5.74, 6) is -3.24. The number of hydrogen-bond donors (Lipinski definition) is 1. The van der Waals surface area contributed by atoms with Crippen LogP contribution in [0.1, 0.15) is 5.56 Å². The minimum absolute atomic E-state index is 0.169. The van der Waals surface area contributed by atoms with Crippen LogP contribution in [0, 0.1) is 17.5 Å². The van der Waals surface area contributed by atoms with E-state index in [4.69, 9.17) is 4.74 Å². The lowest BCUT2D eigenvalue weighted by Crippen LogP contribution is -2.03. The molecule has 19 heavy (non-hydrogen) atoms. The van der Waals surface area contributed by atoms with E-state index >= 15 is 0 Å².